The van der Waals surface area contributed by atoms with Crippen LogP contribution >= 0.6 is 0 Å². The molecule has 0 saturated heterocycles. The van der Waals surface area contributed by atoms with E-state index < -0.39 is 17.5 Å². The van der Waals surface area contributed by atoms with E-state index in [4.69, 9.17) is 0 Å². The second-order valence-electron chi connectivity index (χ2n) is 6.14. The molecule has 0 heterocycles. The highest BCUT2D eigenvalue weighted by molar-refractivity contribution is 6.04. The number of nitrogens with one attached hydrogen (secondary N) is 2. The van der Waals surface area contributed by atoms with Crippen molar-refractivity contribution in [3.63, 3.8) is 0 Å². The first-order valence-electron chi connectivity index (χ1n) is 8.25. The van der Waals surface area contributed by atoms with Gasteiger partial charge in [-0.1, -0.05) is 19.3 Å². The molecule has 1 fully saturated rings. The molecule has 3 rings (SSSR count). The van der Waals surface area contributed by atoms with E-state index >= 15 is 0 Å². The monoisotopic (exact) mass is 330 g/mol. The number of hydrogen-bond donors (Lipinski definition) is 2. The lowest BCUT2D eigenvalue weighted by molar-refractivity contribution is 0.102. The van der Waals surface area contributed by atoms with Gasteiger partial charge < -0.3 is 10.6 Å². The zero-order valence-corrected chi connectivity index (χ0v) is 13.3. The average Bonchev–Trinajstić information content (AvgIpc) is 2.60. The molecule has 2 aromatic carbocycles. The quantitative estimate of drug-likeness (QED) is 0.832. The highest BCUT2D eigenvalue weighted by atomic mass is 19.2. The number of carbonyl (C=O) groups is 1. The largest absolute Gasteiger partial charge is 0.382 e. The van der Waals surface area contributed by atoms with Gasteiger partial charge >= 0.3 is 0 Å². The van der Waals surface area contributed by atoms with E-state index in [1.165, 1.54) is 38.2 Å². The number of benzene rings is 2. The van der Waals surface area contributed by atoms with Gasteiger partial charge in [-0.15, -0.1) is 0 Å². The van der Waals surface area contributed by atoms with Gasteiger partial charge in [0.05, 0.1) is 0 Å². The summed E-state index contributed by atoms with van der Waals surface area (Å²) in [4.78, 5) is 12.1. The maximum Gasteiger partial charge on any atom is 0.255 e. The molecule has 0 aromatic heterocycles. The second-order valence-corrected chi connectivity index (χ2v) is 6.14. The standard InChI is InChI=1S/C19H20F2N2O/c20-17-11-6-13(12-18(17)21)19(24)23-16-9-7-15(8-10-16)22-14-4-2-1-3-5-14/h6-12,14,22H,1-5H2,(H,23,24). The van der Waals surface area contributed by atoms with Crippen molar-refractivity contribution < 1.29 is 13.6 Å². The molecule has 0 unspecified atom stereocenters. The minimum absolute atomic E-state index is 0.0818. The number of hydrogen-bond acceptors (Lipinski definition) is 2. The van der Waals surface area contributed by atoms with Crippen molar-refractivity contribution in [3.05, 3.63) is 59.7 Å². The number of amides is 1. The van der Waals surface area contributed by atoms with Gasteiger partial charge in [0.1, 0.15) is 0 Å². The van der Waals surface area contributed by atoms with Gasteiger partial charge in [-0.25, -0.2) is 8.78 Å². The number of rotatable bonds is 4. The smallest absolute Gasteiger partial charge is 0.255 e. The summed E-state index contributed by atoms with van der Waals surface area (Å²) >= 11 is 0. The van der Waals surface area contributed by atoms with E-state index in [1.54, 1.807) is 12.1 Å². The van der Waals surface area contributed by atoms with Crippen LogP contribution in [0.3, 0.4) is 0 Å². The molecular weight excluding hydrogens is 310 g/mol. The Kier molecular flexibility index (Phi) is 5.08. The first-order valence-corrected chi connectivity index (χ1v) is 8.25. The molecule has 1 aliphatic carbocycles. The molecule has 0 atom stereocenters. The zero-order chi connectivity index (χ0) is 16.9. The predicted octanol–water partition coefficient (Wildman–Crippen LogP) is 4.96. The van der Waals surface area contributed by atoms with Crippen molar-refractivity contribution >= 4 is 17.3 Å². The molecule has 2 N–H and O–H groups in total. The highest BCUT2D eigenvalue weighted by Gasteiger charge is 2.13. The van der Waals surface area contributed by atoms with Crippen molar-refractivity contribution in [1.82, 2.24) is 0 Å². The molecule has 5 heteroatoms. The Hall–Kier alpha value is -2.43. The van der Waals surface area contributed by atoms with Crippen molar-refractivity contribution in [2.75, 3.05) is 10.6 Å². The second kappa shape index (κ2) is 7.43. The normalized spacial score (nSPS) is 15.1. The Morgan fingerprint density at radius 1 is 0.875 bits per heavy atom. The van der Waals surface area contributed by atoms with Crippen LogP contribution in [-0.4, -0.2) is 11.9 Å². The Labute approximate surface area is 140 Å². The van der Waals surface area contributed by atoms with E-state index in [0.717, 1.165) is 17.8 Å². The molecule has 126 valence electrons. The summed E-state index contributed by atoms with van der Waals surface area (Å²) < 4.78 is 26.1. The summed E-state index contributed by atoms with van der Waals surface area (Å²) in [7, 11) is 0. The summed E-state index contributed by atoms with van der Waals surface area (Å²) in [6.45, 7) is 0. The third kappa shape index (κ3) is 4.10. The molecule has 2 aromatic rings. The lowest BCUT2D eigenvalue weighted by Gasteiger charge is -2.23. The zero-order valence-electron chi connectivity index (χ0n) is 13.3. The minimum atomic E-state index is -1.03. The maximum absolute atomic E-state index is 13.2. The summed E-state index contributed by atoms with van der Waals surface area (Å²) in [6.07, 6.45) is 6.22. The van der Waals surface area contributed by atoms with Crippen molar-refractivity contribution in [2.24, 2.45) is 0 Å². The van der Waals surface area contributed by atoms with Gasteiger partial charge in [0, 0.05) is 23.0 Å². The third-order valence-corrected chi connectivity index (χ3v) is 4.30. The summed E-state index contributed by atoms with van der Waals surface area (Å²) in [6, 6.07) is 11.0. The van der Waals surface area contributed by atoms with Crippen molar-refractivity contribution in [1.29, 1.82) is 0 Å². The van der Waals surface area contributed by atoms with Crippen LogP contribution in [0.1, 0.15) is 42.5 Å². The predicted molar refractivity (Wildman–Crippen MR) is 91.2 cm³/mol. The van der Waals surface area contributed by atoms with Crippen LogP contribution in [0.15, 0.2) is 42.5 Å². The summed E-state index contributed by atoms with van der Waals surface area (Å²) in [5, 5.41) is 6.18. The van der Waals surface area contributed by atoms with Crippen LogP contribution in [-0.2, 0) is 0 Å². The average molecular weight is 330 g/mol. The van der Waals surface area contributed by atoms with Gasteiger partial charge in [-0.2, -0.15) is 0 Å². The molecule has 1 amide bonds. The molecule has 1 saturated carbocycles. The Morgan fingerprint density at radius 3 is 2.21 bits per heavy atom. The lowest BCUT2D eigenvalue weighted by atomic mass is 9.95. The van der Waals surface area contributed by atoms with Gasteiger partial charge in [0.25, 0.3) is 5.91 Å². The fraction of sp³-hybridized carbons (Fsp3) is 0.316. The van der Waals surface area contributed by atoms with Crippen LogP contribution < -0.4 is 10.6 Å². The van der Waals surface area contributed by atoms with E-state index in [-0.39, 0.29) is 5.56 Å². The summed E-state index contributed by atoms with van der Waals surface area (Å²) in [5.41, 5.74) is 1.71. The molecule has 0 bridgehead atoms. The number of carbonyl (C=O) groups excluding carboxylic acids is 1. The molecule has 3 nitrogen and oxygen atoms in total. The number of anilines is 2. The van der Waals surface area contributed by atoms with E-state index in [2.05, 4.69) is 10.6 Å². The topological polar surface area (TPSA) is 41.1 Å². The molecule has 0 spiro atoms. The van der Waals surface area contributed by atoms with Crippen LogP contribution in [0.2, 0.25) is 0 Å². The Balaban J connectivity index is 1.60. The van der Waals surface area contributed by atoms with Crippen LogP contribution in [0.5, 0.6) is 0 Å². The molecule has 1 aliphatic rings. The van der Waals surface area contributed by atoms with E-state index in [9.17, 15) is 13.6 Å². The highest BCUT2D eigenvalue weighted by Crippen LogP contribution is 2.22. The van der Waals surface area contributed by atoms with E-state index in [1.807, 2.05) is 12.1 Å². The van der Waals surface area contributed by atoms with Gasteiger partial charge in [-0.3, -0.25) is 4.79 Å². The third-order valence-electron chi connectivity index (χ3n) is 4.30. The fourth-order valence-corrected chi connectivity index (χ4v) is 2.97. The SMILES string of the molecule is O=C(Nc1ccc(NC2CCCCC2)cc1)c1ccc(F)c(F)c1. The number of halogens is 2. The van der Waals surface area contributed by atoms with Crippen LogP contribution in [0.25, 0.3) is 0 Å². The maximum atomic E-state index is 13.2. The van der Waals surface area contributed by atoms with E-state index in [0.29, 0.717) is 11.7 Å². The molecular formula is C19H20F2N2O. The lowest BCUT2D eigenvalue weighted by Crippen LogP contribution is -2.22. The van der Waals surface area contributed by atoms with Crippen LogP contribution in [0.4, 0.5) is 20.2 Å². The Morgan fingerprint density at radius 2 is 1.54 bits per heavy atom. The van der Waals surface area contributed by atoms with Crippen LogP contribution in [0, 0.1) is 11.6 Å². The molecule has 24 heavy (non-hydrogen) atoms. The molecule has 0 radical (unpaired) electrons. The Bertz CT molecular complexity index is 710. The van der Waals surface area contributed by atoms with Crippen molar-refractivity contribution in [3.8, 4) is 0 Å². The first kappa shape index (κ1) is 16.4. The van der Waals surface area contributed by atoms with Gasteiger partial charge in [0.2, 0.25) is 0 Å². The molecule has 0 aliphatic heterocycles. The fourth-order valence-electron chi connectivity index (χ4n) is 2.97. The van der Waals surface area contributed by atoms with Gasteiger partial charge in [-0.05, 0) is 55.3 Å². The first-order chi connectivity index (χ1) is 11.6. The van der Waals surface area contributed by atoms with Gasteiger partial charge in [0.15, 0.2) is 11.6 Å². The van der Waals surface area contributed by atoms with Crippen molar-refractivity contribution in [2.45, 2.75) is 38.1 Å². The summed E-state index contributed by atoms with van der Waals surface area (Å²) in [5.74, 6) is -2.47. The minimum Gasteiger partial charge on any atom is -0.382 e.